The number of morpholine rings is 1. The van der Waals surface area contributed by atoms with Gasteiger partial charge < -0.3 is 14.4 Å². The van der Waals surface area contributed by atoms with Crippen LogP contribution in [0.1, 0.15) is 12.5 Å². The molecule has 0 N–H and O–H groups in total. The number of anilines is 1. The smallest absolute Gasteiger partial charge is 0.226 e. The summed E-state index contributed by atoms with van der Waals surface area (Å²) in [5.74, 6) is 1.19. The second-order valence-electron chi connectivity index (χ2n) is 6.50. The molecule has 0 atom stereocenters. The fourth-order valence-electron chi connectivity index (χ4n) is 3.19. The molecule has 3 aromatic heterocycles. The molecule has 1 saturated heterocycles. The van der Waals surface area contributed by atoms with Gasteiger partial charge in [-0.25, -0.2) is 15.0 Å². The number of fused-ring (bicyclic) bond motifs is 1. The zero-order valence-electron chi connectivity index (χ0n) is 15.6. The van der Waals surface area contributed by atoms with Gasteiger partial charge in [0.25, 0.3) is 0 Å². The molecule has 1 aliphatic heterocycles. The van der Waals surface area contributed by atoms with E-state index in [1.807, 2.05) is 11.4 Å². The zero-order chi connectivity index (χ0) is 19.7. The van der Waals surface area contributed by atoms with Gasteiger partial charge in [-0.2, -0.15) is 0 Å². The number of hydrogen-bond acceptors (Lipinski definition) is 8. The van der Waals surface area contributed by atoms with Gasteiger partial charge in [-0.3, -0.25) is 4.79 Å². The van der Waals surface area contributed by atoms with Crippen LogP contribution in [0.25, 0.3) is 21.5 Å². The summed E-state index contributed by atoms with van der Waals surface area (Å²) in [6.07, 6.45) is 2.00. The van der Waals surface area contributed by atoms with Gasteiger partial charge in [-0.05, 0) is 28.9 Å². The highest BCUT2D eigenvalue weighted by atomic mass is 79.9. The minimum absolute atomic E-state index is 0.0537. The normalized spacial score (nSPS) is 14.5. The van der Waals surface area contributed by atoms with Crippen LogP contribution in [0, 0.1) is 0 Å². The van der Waals surface area contributed by atoms with E-state index in [0.717, 1.165) is 44.6 Å². The van der Waals surface area contributed by atoms with Crippen LogP contribution < -0.4 is 9.64 Å². The van der Waals surface area contributed by atoms with Crippen LogP contribution in [0.2, 0.25) is 0 Å². The number of Topliss-reactive ketones (excluding diaryl/α,β-unsaturated/α-hetero) is 1. The van der Waals surface area contributed by atoms with Crippen molar-refractivity contribution in [1.82, 2.24) is 15.0 Å². The molecule has 28 heavy (non-hydrogen) atoms. The molecule has 9 heteroatoms. The summed E-state index contributed by atoms with van der Waals surface area (Å²) in [5.41, 5.74) is 3.28. The second-order valence-corrected chi connectivity index (χ2v) is 8.24. The summed E-state index contributed by atoms with van der Waals surface area (Å²) in [6.45, 7) is 4.39. The Bertz CT molecular complexity index is 1030. The standard InChI is InChI=1S/C19H19BrN4O3S/c1-11(25)7-12-8-13(9-21-18(12)26-2)15-17-16(14(20)10-28-17)23-19(22-15)24-3-5-27-6-4-24/h8-10H,3-7H2,1-2H3. The van der Waals surface area contributed by atoms with Crippen LogP contribution >= 0.6 is 27.3 Å². The lowest BCUT2D eigenvalue weighted by atomic mass is 10.1. The SMILES string of the molecule is COc1ncc(-c2nc(N3CCOCC3)nc3c(Br)csc23)cc1CC(C)=O. The van der Waals surface area contributed by atoms with E-state index in [9.17, 15) is 4.79 Å². The Hall–Kier alpha value is -2.10. The molecule has 0 unspecified atom stereocenters. The molecule has 0 aliphatic carbocycles. The maximum Gasteiger partial charge on any atom is 0.226 e. The highest BCUT2D eigenvalue weighted by Gasteiger charge is 2.20. The fourth-order valence-corrected chi connectivity index (χ4v) is 4.76. The minimum Gasteiger partial charge on any atom is -0.481 e. The summed E-state index contributed by atoms with van der Waals surface area (Å²) >= 11 is 5.18. The van der Waals surface area contributed by atoms with Crippen molar-refractivity contribution in [3.63, 3.8) is 0 Å². The zero-order valence-corrected chi connectivity index (χ0v) is 18.0. The quantitative estimate of drug-likeness (QED) is 0.573. The molecule has 0 aromatic carbocycles. The molecule has 4 rings (SSSR count). The largest absolute Gasteiger partial charge is 0.481 e. The number of pyridine rings is 1. The van der Waals surface area contributed by atoms with Crippen LogP contribution in [0.4, 0.5) is 5.95 Å². The van der Waals surface area contributed by atoms with E-state index >= 15 is 0 Å². The van der Waals surface area contributed by atoms with Crippen LogP contribution in [-0.4, -0.2) is 54.1 Å². The Kier molecular flexibility index (Phi) is 5.56. The molecular formula is C19H19BrN4O3S. The van der Waals surface area contributed by atoms with Crippen molar-refractivity contribution < 1.29 is 14.3 Å². The number of carbonyl (C=O) groups is 1. The maximum atomic E-state index is 11.7. The van der Waals surface area contributed by atoms with Crippen molar-refractivity contribution in [2.45, 2.75) is 13.3 Å². The summed E-state index contributed by atoms with van der Waals surface area (Å²) in [4.78, 5) is 27.8. The molecule has 0 radical (unpaired) electrons. The van der Waals surface area contributed by atoms with Gasteiger partial charge in [-0.15, -0.1) is 11.3 Å². The summed E-state index contributed by atoms with van der Waals surface area (Å²) in [7, 11) is 1.56. The maximum absolute atomic E-state index is 11.7. The lowest BCUT2D eigenvalue weighted by Gasteiger charge is -2.27. The number of methoxy groups -OCH3 is 1. The Morgan fingerprint density at radius 2 is 2.14 bits per heavy atom. The Morgan fingerprint density at radius 3 is 2.86 bits per heavy atom. The highest BCUT2D eigenvalue weighted by molar-refractivity contribution is 9.10. The number of carbonyl (C=O) groups excluding carboxylic acids is 1. The Morgan fingerprint density at radius 1 is 1.36 bits per heavy atom. The number of thiophene rings is 1. The van der Waals surface area contributed by atoms with Gasteiger partial charge in [-0.1, -0.05) is 0 Å². The van der Waals surface area contributed by atoms with Crippen molar-refractivity contribution in [2.75, 3.05) is 38.3 Å². The van der Waals surface area contributed by atoms with Gasteiger partial charge in [0.2, 0.25) is 11.8 Å². The van der Waals surface area contributed by atoms with Crippen molar-refractivity contribution in [2.24, 2.45) is 0 Å². The van der Waals surface area contributed by atoms with E-state index in [2.05, 4.69) is 25.8 Å². The van der Waals surface area contributed by atoms with E-state index < -0.39 is 0 Å². The molecule has 0 saturated carbocycles. The monoisotopic (exact) mass is 462 g/mol. The van der Waals surface area contributed by atoms with Crippen molar-refractivity contribution >= 4 is 49.2 Å². The van der Waals surface area contributed by atoms with Gasteiger partial charge in [0.1, 0.15) is 11.3 Å². The molecule has 7 nitrogen and oxygen atoms in total. The van der Waals surface area contributed by atoms with Crippen LogP contribution in [0.3, 0.4) is 0 Å². The fraction of sp³-hybridized carbons (Fsp3) is 0.368. The van der Waals surface area contributed by atoms with Crippen LogP contribution in [0.5, 0.6) is 5.88 Å². The van der Waals surface area contributed by atoms with Crippen molar-refractivity contribution in [1.29, 1.82) is 0 Å². The van der Waals surface area contributed by atoms with E-state index in [4.69, 9.17) is 19.4 Å². The van der Waals surface area contributed by atoms with Gasteiger partial charge in [0.05, 0.1) is 35.2 Å². The second kappa shape index (κ2) is 8.10. The predicted octanol–water partition coefficient (Wildman–Crippen LogP) is 3.49. The number of ketones is 1. The minimum atomic E-state index is 0.0537. The van der Waals surface area contributed by atoms with E-state index in [1.54, 1.807) is 31.6 Å². The Balaban J connectivity index is 1.86. The third kappa shape index (κ3) is 3.74. The summed E-state index contributed by atoms with van der Waals surface area (Å²) < 4.78 is 12.7. The van der Waals surface area contributed by atoms with Gasteiger partial charge in [0, 0.05) is 42.2 Å². The highest BCUT2D eigenvalue weighted by Crippen LogP contribution is 2.37. The first-order chi connectivity index (χ1) is 13.6. The average Bonchev–Trinajstić information content (AvgIpc) is 3.08. The Labute approximate surface area is 174 Å². The van der Waals surface area contributed by atoms with E-state index in [-0.39, 0.29) is 12.2 Å². The van der Waals surface area contributed by atoms with Crippen LogP contribution in [0.15, 0.2) is 22.1 Å². The molecule has 1 aliphatic rings. The molecule has 1 fully saturated rings. The predicted molar refractivity (Wildman–Crippen MR) is 112 cm³/mol. The third-order valence-electron chi connectivity index (χ3n) is 4.49. The number of nitrogens with zero attached hydrogens (tertiary/aromatic N) is 4. The van der Waals surface area contributed by atoms with Gasteiger partial charge in [0.15, 0.2) is 0 Å². The number of rotatable bonds is 5. The molecule has 0 spiro atoms. The summed E-state index contributed by atoms with van der Waals surface area (Å²) in [6, 6.07) is 1.94. The van der Waals surface area contributed by atoms with E-state index in [0.29, 0.717) is 25.0 Å². The molecule has 0 amide bonds. The first-order valence-corrected chi connectivity index (χ1v) is 10.5. The number of hydrogen-bond donors (Lipinski definition) is 0. The first kappa shape index (κ1) is 19.2. The molecule has 0 bridgehead atoms. The summed E-state index contributed by atoms with van der Waals surface area (Å²) in [5, 5.41) is 2.01. The topological polar surface area (TPSA) is 77.4 Å². The molecular weight excluding hydrogens is 444 g/mol. The average molecular weight is 463 g/mol. The first-order valence-electron chi connectivity index (χ1n) is 8.87. The van der Waals surface area contributed by atoms with Crippen LogP contribution in [-0.2, 0) is 16.0 Å². The van der Waals surface area contributed by atoms with Crippen molar-refractivity contribution in [3.05, 3.63) is 27.7 Å². The lowest BCUT2D eigenvalue weighted by molar-refractivity contribution is -0.116. The molecule has 3 aromatic rings. The van der Waals surface area contributed by atoms with Gasteiger partial charge >= 0.3 is 0 Å². The van der Waals surface area contributed by atoms with Crippen molar-refractivity contribution in [3.8, 4) is 17.1 Å². The van der Waals surface area contributed by atoms with E-state index in [1.165, 1.54) is 0 Å². The lowest BCUT2D eigenvalue weighted by Crippen LogP contribution is -2.37. The number of halogens is 1. The number of aromatic nitrogens is 3. The molecule has 4 heterocycles. The number of ether oxygens (including phenoxy) is 2. The third-order valence-corrected chi connectivity index (χ3v) is 6.37. The molecule has 146 valence electrons.